The number of pyridine rings is 1. The molecule has 0 bridgehead atoms. The Balaban J connectivity index is 2.78. The molecule has 88 valence electrons. The van der Waals surface area contributed by atoms with Crippen LogP contribution in [-0.4, -0.2) is 19.7 Å². The van der Waals surface area contributed by atoms with Gasteiger partial charge >= 0.3 is 0 Å². The Labute approximate surface area is 98.9 Å². The molecule has 2 aromatic rings. The lowest BCUT2D eigenvalue weighted by Crippen LogP contribution is -2.02. The average molecular weight is 251 g/mol. The number of aromatic nitrogens is 1. The van der Waals surface area contributed by atoms with Crippen molar-refractivity contribution in [1.82, 2.24) is 4.98 Å². The van der Waals surface area contributed by atoms with E-state index in [9.17, 15) is 12.8 Å². The lowest BCUT2D eigenvalue weighted by molar-refractivity contribution is 0.597. The highest BCUT2D eigenvalue weighted by Crippen LogP contribution is 2.28. The first-order chi connectivity index (χ1) is 8.00. The van der Waals surface area contributed by atoms with E-state index in [1.165, 1.54) is 24.4 Å². The van der Waals surface area contributed by atoms with Gasteiger partial charge in [-0.25, -0.2) is 12.8 Å². The van der Waals surface area contributed by atoms with Gasteiger partial charge in [0.05, 0.1) is 16.2 Å². The molecule has 17 heavy (non-hydrogen) atoms. The van der Waals surface area contributed by atoms with Crippen molar-refractivity contribution in [3.8, 4) is 11.3 Å². The molecule has 0 amide bonds. The summed E-state index contributed by atoms with van der Waals surface area (Å²) in [5.41, 5.74) is 0.335. The number of sulfone groups is 1. The lowest BCUT2D eigenvalue weighted by Gasteiger charge is -2.08. The number of hydrogen-bond acceptors (Lipinski definition) is 3. The normalized spacial score (nSPS) is 11.4. The lowest BCUT2D eigenvalue weighted by atomic mass is 10.1. The van der Waals surface area contributed by atoms with Gasteiger partial charge in [-0.1, -0.05) is 12.1 Å². The van der Waals surface area contributed by atoms with Crippen molar-refractivity contribution in [2.45, 2.75) is 4.90 Å². The van der Waals surface area contributed by atoms with E-state index in [1.54, 1.807) is 18.2 Å². The first kappa shape index (κ1) is 11.7. The minimum Gasteiger partial charge on any atom is -0.256 e. The smallest absolute Gasteiger partial charge is 0.176 e. The number of halogens is 1. The van der Waals surface area contributed by atoms with Gasteiger partial charge in [-0.2, -0.15) is 0 Å². The van der Waals surface area contributed by atoms with Crippen LogP contribution in [0.15, 0.2) is 47.5 Å². The minimum atomic E-state index is -3.48. The summed E-state index contributed by atoms with van der Waals surface area (Å²) in [6, 6.07) is 8.91. The van der Waals surface area contributed by atoms with Crippen LogP contribution in [0.25, 0.3) is 11.3 Å². The zero-order valence-electron chi connectivity index (χ0n) is 9.09. The molecule has 0 aliphatic carbocycles. The van der Waals surface area contributed by atoms with Crippen molar-refractivity contribution < 1.29 is 12.8 Å². The third-order valence-corrected chi connectivity index (χ3v) is 3.44. The maximum Gasteiger partial charge on any atom is 0.176 e. The molecule has 0 aliphatic heterocycles. The molecule has 5 heteroatoms. The molecule has 0 radical (unpaired) electrons. The molecule has 1 heterocycles. The summed E-state index contributed by atoms with van der Waals surface area (Å²) in [6.07, 6.45) is 2.54. The summed E-state index contributed by atoms with van der Waals surface area (Å²) in [5, 5.41) is 0. The summed E-state index contributed by atoms with van der Waals surface area (Å²) in [5.74, 6) is -0.591. The van der Waals surface area contributed by atoms with E-state index in [0.717, 1.165) is 6.26 Å². The van der Waals surface area contributed by atoms with Crippen molar-refractivity contribution >= 4 is 9.84 Å². The molecule has 0 atom stereocenters. The van der Waals surface area contributed by atoms with Crippen molar-refractivity contribution in [3.05, 3.63) is 48.4 Å². The van der Waals surface area contributed by atoms with E-state index in [0.29, 0.717) is 5.69 Å². The fourth-order valence-corrected chi connectivity index (χ4v) is 2.47. The second kappa shape index (κ2) is 4.25. The van der Waals surface area contributed by atoms with Crippen molar-refractivity contribution in [1.29, 1.82) is 0 Å². The van der Waals surface area contributed by atoms with Crippen molar-refractivity contribution in [2.75, 3.05) is 6.26 Å². The second-order valence-corrected chi connectivity index (χ2v) is 5.58. The summed E-state index contributed by atoms with van der Waals surface area (Å²) in [6.45, 7) is 0. The fraction of sp³-hybridized carbons (Fsp3) is 0.0833. The molecular formula is C12H10FNO2S. The number of nitrogens with zero attached hydrogens (tertiary/aromatic N) is 1. The Hall–Kier alpha value is -1.75. The molecule has 1 aromatic carbocycles. The predicted octanol–water partition coefficient (Wildman–Crippen LogP) is 2.29. The van der Waals surface area contributed by atoms with Gasteiger partial charge in [-0.15, -0.1) is 0 Å². The zero-order valence-corrected chi connectivity index (χ0v) is 9.91. The Morgan fingerprint density at radius 2 is 1.88 bits per heavy atom. The summed E-state index contributed by atoms with van der Waals surface area (Å²) >= 11 is 0. The van der Waals surface area contributed by atoms with E-state index in [-0.39, 0.29) is 10.5 Å². The molecule has 2 rings (SSSR count). The molecule has 3 nitrogen and oxygen atoms in total. The Kier molecular flexibility index (Phi) is 2.93. The molecule has 0 saturated heterocycles. The third-order valence-electron chi connectivity index (χ3n) is 2.30. The van der Waals surface area contributed by atoms with E-state index in [2.05, 4.69) is 4.98 Å². The van der Waals surface area contributed by atoms with Crippen LogP contribution >= 0.6 is 0 Å². The van der Waals surface area contributed by atoms with Crippen LogP contribution in [0, 0.1) is 5.82 Å². The molecule has 0 saturated carbocycles. The molecular weight excluding hydrogens is 241 g/mol. The first-order valence-electron chi connectivity index (χ1n) is 4.90. The van der Waals surface area contributed by atoms with E-state index in [1.807, 2.05) is 0 Å². The van der Waals surface area contributed by atoms with Gasteiger partial charge in [0.25, 0.3) is 0 Å². The molecule has 0 aliphatic rings. The number of hydrogen-bond donors (Lipinski definition) is 0. The number of rotatable bonds is 2. The average Bonchev–Trinajstić information content (AvgIpc) is 2.28. The quantitative estimate of drug-likeness (QED) is 0.822. The van der Waals surface area contributed by atoms with E-state index in [4.69, 9.17) is 0 Å². The monoisotopic (exact) mass is 251 g/mol. The maximum absolute atomic E-state index is 13.8. The van der Waals surface area contributed by atoms with Crippen LogP contribution in [0.2, 0.25) is 0 Å². The zero-order chi connectivity index (χ0) is 12.5. The van der Waals surface area contributed by atoms with E-state index >= 15 is 0 Å². The minimum absolute atomic E-state index is 0.0237. The SMILES string of the molecule is CS(=O)(=O)c1cccc(F)c1-c1ccccn1. The summed E-state index contributed by atoms with van der Waals surface area (Å²) in [4.78, 5) is 3.93. The van der Waals surface area contributed by atoms with Crippen LogP contribution in [0.4, 0.5) is 4.39 Å². The Morgan fingerprint density at radius 1 is 1.12 bits per heavy atom. The highest BCUT2D eigenvalue weighted by atomic mass is 32.2. The van der Waals surface area contributed by atoms with Gasteiger partial charge in [0, 0.05) is 12.5 Å². The van der Waals surface area contributed by atoms with Crippen molar-refractivity contribution in [3.63, 3.8) is 0 Å². The molecule has 0 spiro atoms. The predicted molar refractivity (Wildman–Crippen MR) is 62.7 cm³/mol. The summed E-state index contributed by atoms with van der Waals surface area (Å²) in [7, 11) is -3.48. The van der Waals surface area contributed by atoms with Crippen molar-refractivity contribution in [2.24, 2.45) is 0 Å². The standard InChI is InChI=1S/C12H10FNO2S/c1-17(15,16)11-7-4-5-9(13)12(11)10-6-2-3-8-14-10/h2-8H,1H3. The number of benzene rings is 1. The molecule has 1 aromatic heterocycles. The van der Waals surface area contributed by atoms with Gasteiger partial charge in [0.2, 0.25) is 0 Å². The summed E-state index contributed by atoms with van der Waals surface area (Å²) < 4.78 is 36.9. The van der Waals surface area contributed by atoms with Crippen LogP contribution < -0.4 is 0 Å². The molecule has 0 fully saturated rings. The Bertz CT molecular complexity index is 639. The molecule has 0 N–H and O–H groups in total. The second-order valence-electron chi connectivity index (χ2n) is 3.60. The fourth-order valence-electron chi connectivity index (χ4n) is 1.57. The van der Waals surface area contributed by atoms with Gasteiger partial charge in [0.15, 0.2) is 9.84 Å². The first-order valence-corrected chi connectivity index (χ1v) is 6.79. The molecule has 0 unspecified atom stereocenters. The topological polar surface area (TPSA) is 47.0 Å². The van der Waals surface area contributed by atoms with Gasteiger partial charge in [0.1, 0.15) is 5.82 Å². The van der Waals surface area contributed by atoms with Crippen LogP contribution in [0.3, 0.4) is 0 Å². The van der Waals surface area contributed by atoms with Crippen LogP contribution in [0.5, 0.6) is 0 Å². The maximum atomic E-state index is 13.8. The van der Waals surface area contributed by atoms with Gasteiger partial charge in [-0.05, 0) is 24.3 Å². The highest BCUT2D eigenvalue weighted by Gasteiger charge is 2.18. The van der Waals surface area contributed by atoms with Gasteiger partial charge < -0.3 is 0 Å². The highest BCUT2D eigenvalue weighted by molar-refractivity contribution is 7.90. The van der Waals surface area contributed by atoms with Crippen LogP contribution in [0.1, 0.15) is 0 Å². The van der Waals surface area contributed by atoms with E-state index < -0.39 is 15.7 Å². The third kappa shape index (κ3) is 2.34. The largest absolute Gasteiger partial charge is 0.256 e. The van der Waals surface area contributed by atoms with Crippen LogP contribution in [-0.2, 0) is 9.84 Å². The van der Waals surface area contributed by atoms with Gasteiger partial charge in [-0.3, -0.25) is 4.98 Å². The Morgan fingerprint density at radius 3 is 2.47 bits per heavy atom.